The minimum atomic E-state index is -1.47. The fourth-order valence-electron chi connectivity index (χ4n) is 1.23. The van der Waals surface area contributed by atoms with Crippen molar-refractivity contribution < 1.29 is 28.9 Å². The monoisotopic (exact) mass is 257 g/mol. The zero-order chi connectivity index (χ0) is 13.7. The van der Waals surface area contributed by atoms with E-state index < -0.39 is 30.3 Å². The number of carboxylic acid groups (broad SMARTS) is 1. The first-order valence-corrected chi connectivity index (χ1v) is 4.97. The fraction of sp³-hybridized carbons (Fsp3) is 0.273. The van der Waals surface area contributed by atoms with Crippen molar-refractivity contribution in [2.75, 3.05) is 13.7 Å². The van der Waals surface area contributed by atoms with Crippen molar-refractivity contribution >= 4 is 11.9 Å². The van der Waals surface area contributed by atoms with E-state index in [0.29, 0.717) is 0 Å². The van der Waals surface area contributed by atoms with Gasteiger partial charge >= 0.3 is 5.97 Å². The van der Waals surface area contributed by atoms with Crippen molar-refractivity contribution in [3.05, 3.63) is 29.6 Å². The number of halogens is 1. The summed E-state index contributed by atoms with van der Waals surface area (Å²) in [7, 11) is 1.35. The van der Waals surface area contributed by atoms with Crippen LogP contribution in [0.2, 0.25) is 0 Å². The number of carbonyl (C=O) groups excluding carboxylic acids is 1. The molecule has 0 aromatic heterocycles. The van der Waals surface area contributed by atoms with Gasteiger partial charge in [-0.25, -0.2) is 9.18 Å². The zero-order valence-corrected chi connectivity index (χ0v) is 9.51. The van der Waals surface area contributed by atoms with Gasteiger partial charge in [0.15, 0.2) is 6.04 Å². The van der Waals surface area contributed by atoms with E-state index in [1.807, 2.05) is 5.32 Å². The third-order valence-corrected chi connectivity index (χ3v) is 2.21. The predicted octanol–water partition coefficient (Wildman–Crippen LogP) is 0.00960. The molecule has 0 aliphatic carbocycles. The Kier molecular flexibility index (Phi) is 4.61. The lowest BCUT2D eigenvalue weighted by molar-refractivity contribution is -0.140. The van der Waals surface area contributed by atoms with Crippen molar-refractivity contribution in [3.8, 4) is 5.75 Å². The van der Waals surface area contributed by atoms with Crippen LogP contribution in [0.4, 0.5) is 4.39 Å². The highest BCUT2D eigenvalue weighted by Crippen LogP contribution is 2.16. The molecule has 1 amide bonds. The van der Waals surface area contributed by atoms with Crippen LogP contribution >= 0.6 is 0 Å². The molecule has 1 atom stereocenters. The highest BCUT2D eigenvalue weighted by atomic mass is 19.1. The second-order valence-corrected chi connectivity index (χ2v) is 3.39. The second-order valence-electron chi connectivity index (χ2n) is 3.39. The summed E-state index contributed by atoms with van der Waals surface area (Å²) in [4.78, 5) is 22.2. The molecule has 0 spiro atoms. The maximum absolute atomic E-state index is 13.5. The van der Waals surface area contributed by atoms with Crippen LogP contribution in [0.3, 0.4) is 0 Å². The van der Waals surface area contributed by atoms with Crippen molar-refractivity contribution in [1.82, 2.24) is 5.32 Å². The molecule has 7 heteroatoms. The van der Waals surface area contributed by atoms with Crippen LogP contribution in [0.1, 0.15) is 10.4 Å². The van der Waals surface area contributed by atoms with Crippen molar-refractivity contribution in [3.63, 3.8) is 0 Å². The number of amides is 1. The zero-order valence-electron chi connectivity index (χ0n) is 9.51. The Hall–Kier alpha value is -2.15. The van der Waals surface area contributed by atoms with Crippen molar-refractivity contribution in [2.45, 2.75) is 6.04 Å². The van der Waals surface area contributed by atoms with Gasteiger partial charge in [-0.3, -0.25) is 4.79 Å². The average molecular weight is 257 g/mol. The molecule has 1 aromatic rings. The van der Waals surface area contributed by atoms with Gasteiger partial charge in [0.1, 0.15) is 11.6 Å². The lowest BCUT2D eigenvalue weighted by Crippen LogP contribution is -2.43. The summed E-state index contributed by atoms with van der Waals surface area (Å²) in [6.45, 7) is -0.779. The number of hydrogen-bond acceptors (Lipinski definition) is 4. The molecule has 0 saturated carbocycles. The van der Waals surface area contributed by atoms with Gasteiger partial charge < -0.3 is 20.3 Å². The normalized spacial score (nSPS) is 11.7. The van der Waals surface area contributed by atoms with E-state index in [2.05, 4.69) is 0 Å². The number of aliphatic hydroxyl groups is 1. The summed E-state index contributed by atoms with van der Waals surface area (Å²) in [5, 5.41) is 19.4. The van der Waals surface area contributed by atoms with E-state index in [0.717, 1.165) is 6.07 Å². The highest BCUT2D eigenvalue weighted by Gasteiger charge is 2.21. The van der Waals surface area contributed by atoms with Gasteiger partial charge in [-0.05, 0) is 12.1 Å². The van der Waals surface area contributed by atoms with Crippen LogP contribution in [0.15, 0.2) is 18.2 Å². The van der Waals surface area contributed by atoms with Gasteiger partial charge in [0.2, 0.25) is 0 Å². The molecule has 1 unspecified atom stereocenters. The van der Waals surface area contributed by atoms with Gasteiger partial charge in [0.25, 0.3) is 5.91 Å². The Morgan fingerprint density at radius 1 is 1.50 bits per heavy atom. The molecule has 6 nitrogen and oxygen atoms in total. The topological polar surface area (TPSA) is 95.9 Å². The third-order valence-electron chi connectivity index (χ3n) is 2.21. The maximum Gasteiger partial charge on any atom is 0.328 e. The number of carboxylic acids is 1. The summed E-state index contributed by atoms with van der Waals surface area (Å²) in [5.41, 5.74) is -0.324. The second kappa shape index (κ2) is 5.97. The molecule has 0 aliphatic rings. The van der Waals surface area contributed by atoms with Crippen LogP contribution in [0.5, 0.6) is 5.75 Å². The quantitative estimate of drug-likeness (QED) is 0.690. The summed E-state index contributed by atoms with van der Waals surface area (Å²) in [6.07, 6.45) is 0. The summed E-state index contributed by atoms with van der Waals surface area (Å²) in [5.74, 6) is -2.92. The first-order valence-electron chi connectivity index (χ1n) is 4.97. The number of methoxy groups -OCH3 is 1. The highest BCUT2D eigenvalue weighted by molar-refractivity contribution is 5.96. The molecule has 18 heavy (non-hydrogen) atoms. The number of aliphatic hydroxyl groups excluding tert-OH is 1. The fourth-order valence-corrected chi connectivity index (χ4v) is 1.23. The Morgan fingerprint density at radius 3 is 2.61 bits per heavy atom. The summed E-state index contributed by atoms with van der Waals surface area (Å²) >= 11 is 0. The van der Waals surface area contributed by atoms with E-state index >= 15 is 0 Å². The van der Waals surface area contributed by atoms with Crippen LogP contribution in [-0.2, 0) is 4.79 Å². The number of rotatable bonds is 5. The van der Waals surface area contributed by atoms with Gasteiger partial charge in [-0.15, -0.1) is 0 Å². The number of aliphatic carboxylic acids is 1. The van der Waals surface area contributed by atoms with Crippen LogP contribution < -0.4 is 10.1 Å². The number of nitrogens with one attached hydrogen (secondary N) is 1. The number of hydrogen-bond donors (Lipinski definition) is 3. The van der Waals surface area contributed by atoms with Crippen LogP contribution in [0.25, 0.3) is 0 Å². The third kappa shape index (κ3) is 3.17. The largest absolute Gasteiger partial charge is 0.497 e. The Bertz CT molecular complexity index is 463. The Balaban J connectivity index is 2.87. The average Bonchev–Trinajstić information content (AvgIpc) is 2.34. The summed E-state index contributed by atoms with van der Waals surface area (Å²) in [6, 6.07) is 2.06. The lowest BCUT2D eigenvalue weighted by atomic mass is 10.1. The SMILES string of the molecule is COc1ccc(C(=O)NC(CO)C(=O)O)c(F)c1. The molecular weight excluding hydrogens is 245 g/mol. The standard InChI is InChI=1S/C11H12FNO5/c1-18-6-2-3-7(8(12)4-6)10(15)13-9(5-14)11(16)17/h2-4,9,14H,5H2,1H3,(H,13,15)(H,16,17). The van der Waals surface area contributed by atoms with E-state index in [1.54, 1.807) is 0 Å². The van der Waals surface area contributed by atoms with Gasteiger partial charge in [-0.1, -0.05) is 0 Å². The van der Waals surface area contributed by atoms with Crippen LogP contribution in [-0.4, -0.2) is 41.8 Å². The molecule has 0 heterocycles. The molecule has 0 aliphatic heterocycles. The number of ether oxygens (including phenoxy) is 1. The first kappa shape index (κ1) is 13.9. The summed E-state index contributed by atoms with van der Waals surface area (Å²) < 4.78 is 18.3. The van der Waals surface area contributed by atoms with Crippen LogP contribution in [0, 0.1) is 5.82 Å². The van der Waals surface area contributed by atoms with Crippen molar-refractivity contribution in [1.29, 1.82) is 0 Å². The minimum absolute atomic E-state index is 0.237. The lowest BCUT2D eigenvalue weighted by Gasteiger charge is -2.12. The van der Waals surface area contributed by atoms with E-state index in [-0.39, 0.29) is 11.3 Å². The van der Waals surface area contributed by atoms with Gasteiger partial charge in [0, 0.05) is 6.07 Å². The molecule has 0 saturated heterocycles. The molecule has 98 valence electrons. The molecular formula is C11H12FNO5. The first-order chi connectivity index (χ1) is 8.49. The molecule has 0 radical (unpaired) electrons. The molecule has 0 fully saturated rings. The number of carbonyl (C=O) groups is 2. The van der Waals surface area contributed by atoms with Gasteiger partial charge in [0.05, 0.1) is 19.3 Å². The Morgan fingerprint density at radius 2 is 2.17 bits per heavy atom. The molecule has 1 aromatic carbocycles. The number of benzene rings is 1. The maximum atomic E-state index is 13.5. The van der Waals surface area contributed by atoms with E-state index in [9.17, 15) is 14.0 Å². The smallest absolute Gasteiger partial charge is 0.328 e. The van der Waals surface area contributed by atoms with E-state index in [1.165, 1.54) is 19.2 Å². The molecule has 0 bridgehead atoms. The predicted molar refractivity (Wildman–Crippen MR) is 58.9 cm³/mol. The molecule has 1 rings (SSSR count). The molecule has 3 N–H and O–H groups in total. The van der Waals surface area contributed by atoms with Gasteiger partial charge in [-0.2, -0.15) is 0 Å². The van der Waals surface area contributed by atoms with E-state index in [4.69, 9.17) is 14.9 Å². The Labute approximate surface area is 102 Å². The van der Waals surface area contributed by atoms with Crippen molar-refractivity contribution in [2.24, 2.45) is 0 Å². The minimum Gasteiger partial charge on any atom is -0.497 e.